The van der Waals surface area contributed by atoms with Crippen LogP contribution in [0.15, 0.2) is 34.9 Å². The number of amides is 1. The number of hydrogen-bond donors (Lipinski definition) is 0. The molecule has 1 saturated heterocycles. The van der Waals surface area contributed by atoms with Crippen molar-refractivity contribution < 1.29 is 18.4 Å². The molecule has 6 rings (SSSR count). The van der Waals surface area contributed by atoms with Crippen LogP contribution in [0.2, 0.25) is 0 Å². The molecule has 34 heavy (non-hydrogen) atoms. The van der Waals surface area contributed by atoms with Gasteiger partial charge in [-0.15, -0.1) is 12.4 Å². The minimum absolute atomic E-state index is 0. The zero-order chi connectivity index (χ0) is 22.4. The van der Waals surface area contributed by atoms with Gasteiger partial charge in [0, 0.05) is 36.9 Å². The van der Waals surface area contributed by atoms with Gasteiger partial charge >= 0.3 is 0 Å². The van der Waals surface area contributed by atoms with Crippen LogP contribution in [0.5, 0.6) is 5.75 Å². The lowest BCUT2D eigenvalue weighted by atomic mass is 9.91. The van der Waals surface area contributed by atoms with E-state index in [9.17, 15) is 9.18 Å². The number of aryl methyl sites for hydroxylation is 1. The van der Waals surface area contributed by atoms with E-state index in [-0.39, 0.29) is 24.1 Å². The van der Waals surface area contributed by atoms with Gasteiger partial charge in [0.05, 0.1) is 18.0 Å². The van der Waals surface area contributed by atoms with Crippen molar-refractivity contribution in [3.05, 3.63) is 53.0 Å². The molecule has 1 aromatic heterocycles. The van der Waals surface area contributed by atoms with Crippen molar-refractivity contribution in [2.24, 2.45) is 0 Å². The number of carbonyl (C=O) groups excluding carboxylic acids is 1. The van der Waals surface area contributed by atoms with Crippen LogP contribution in [0.4, 0.5) is 10.1 Å². The van der Waals surface area contributed by atoms with Crippen LogP contribution in [0.3, 0.4) is 0 Å². The lowest BCUT2D eigenvalue weighted by molar-refractivity contribution is -0.118. The zero-order valence-electron chi connectivity index (χ0n) is 19.1. The molecule has 3 aromatic rings. The molecule has 6 nitrogen and oxygen atoms in total. The van der Waals surface area contributed by atoms with Crippen LogP contribution in [0.25, 0.3) is 11.0 Å². The van der Waals surface area contributed by atoms with E-state index in [0.717, 1.165) is 80.8 Å². The molecule has 3 aliphatic heterocycles. The Bertz CT molecular complexity index is 1210. The predicted molar refractivity (Wildman–Crippen MR) is 131 cm³/mol. The number of rotatable bonds is 6. The number of nitrogens with zero attached hydrogens (tertiary/aromatic N) is 3. The summed E-state index contributed by atoms with van der Waals surface area (Å²) in [6.07, 6.45) is 5.39. The lowest BCUT2D eigenvalue weighted by Crippen LogP contribution is -2.34. The van der Waals surface area contributed by atoms with Crippen molar-refractivity contribution in [1.82, 2.24) is 10.1 Å². The third kappa shape index (κ3) is 4.27. The van der Waals surface area contributed by atoms with Crippen molar-refractivity contribution in [3.63, 3.8) is 0 Å². The second kappa shape index (κ2) is 9.55. The number of anilines is 1. The average molecular weight is 486 g/mol. The second-order valence-electron chi connectivity index (χ2n) is 9.41. The highest BCUT2D eigenvalue weighted by Gasteiger charge is 2.31. The topological polar surface area (TPSA) is 58.8 Å². The summed E-state index contributed by atoms with van der Waals surface area (Å²) in [5.74, 6) is 1.26. The molecule has 1 amide bonds. The molecular weight excluding hydrogens is 457 g/mol. The van der Waals surface area contributed by atoms with Gasteiger partial charge in [-0.05, 0) is 80.6 Å². The second-order valence-corrected chi connectivity index (χ2v) is 9.41. The molecule has 0 aliphatic carbocycles. The van der Waals surface area contributed by atoms with Crippen LogP contribution >= 0.6 is 12.4 Å². The van der Waals surface area contributed by atoms with E-state index >= 15 is 0 Å². The maximum absolute atomic E-state index is 13.4. The third-order valence-electron chi connectivity index (χ3n) is 7.35. The van der Waals surface area contributed by atoms with E-state index in [1.165, 1.54) is 23.3 Å². The monoisotopic (exact) mass is 485 g/mol. The number of halogens is 2. The van der Waals surface area contributed by atoms with Gasteiger partial charge < -0.3 is 19.1 Å². The summed E-state index contributed by atoms with van der Waals surface area (Å²) in [7, 11) is 0. The maximum atomic E-state index is 13.4. The van der Waals surface area contributed by atoms with E-state index in [4.69, 9.17) is 9.26 Å². The Labute approximate surface area is 204 Å². The smallest absolute Gasteiger partial charge is 0.227 e. The molecule has 180 valence electrons. The Kier molecular flexibility index (Phi) is 6.49. The molecule has 0 saturated carbocycles. The quantitative estimate of drug-likeness (QED) is 0.466. The number of hydrogen-bond acceptors (Lipinski definition) is 5. The molecule has 0 spiro atoms. The molecule has 2 aromatic carbocycles. The summed E-state index contributed by atoms with van der Waals surface area (Å²) in [6, 6.07) is 8.92. The highest BCUT2D eigenvalue weighted by molar-refractivity contribution is 5.98. The minimum Gasteiger partial charge on any atom is -0.494 e. The minimum atomic E-state index is -0.293. The molecule has 8 heteroatoms. The first-order valence-corrected chi connectivity index (χ1v) is 12.0. The summed E-state index contributed by atoms with van der Waals surface area (Å²) in [4.78, 5) is 16.5. The number of benzene rings is 2. The summed E-state index contributed by atoms with van der Waals surface area (Å²) in [6.45, 7) is 4.56. The fourth-order valence-corrected chi connectivity index (χ4v) is 5.64. The lowest BCUT2D eigenvalue weighted by Gasteiger charge is -2.31. The average Bonchev–Trinajstić information content (AvgIpc) is 3.45. The van der Waals surface area contributed by atoms with Crippen molar-refractivity contribution in [2.75, 3.05) is 37.7 Å². The van der Waals surface area contributed by atoms with Gasteiger partial charge in [-0.25, -0.2) is 4.39 Å². The molecule has 0 radical (unpaired) electrons. The summed E-state index contributed by atoms with van der Waals surface area (Å²) < 4.78 is 24.9. The molecular formula is C26H29ClFN3O3. The van der Waals surface area contributed by atoms with E-state index in [1.54, 1.807) is 6.07 Å². The van der Waals surface area contributed by atoms with Crippen molar-refractivity contribution in [3.8, 4) is 5.75 Å². The van der Waals surface area contributed by atoms with Gasteiger partial charge in [-0.1, -0.05) is 5.16 Å². The summed E-state index contributed by atoms with van der Waals surface area (Å²) in [5.41, 5.74) is 5.15. The Balaban J connectivity index is 0.00000241. The van der Waals surface area contributed by atoms with Crippen molar-refractivity contribution in [2.45, 2.75) is 44.4 Å². The first-order valence-electron chi connectivity index (χ1n) is 12.0. The first-order chi connectivity index (χ1) is 16.2. The fourth-order valence-electron chi connectivity index (χ4n) is 5.64. The number of ether oxygens (including phenoxy) is 1. The molecule has 0 bridgehead atoms. The van der Waals surface area contributed by atoms with Gasteiger partial charge in [0.25, 0.3) is 0 Å². The molecule has 3 aliphatic rings. The van der Waals surface area contributed by atoms with Crippen molar-refractivity contribution >= 4 is 35.0 Å². The summed E-state index contributed by atoms with van der Waals surface area (Å²) >= 11 is 0. The van der Waals surface area contributed by atoms with Crippen LogP contribution < -0.4 is 9.64 Å². The van der Waals surface area contributed by atoms with Gasteiger partial charge in [0.15, 0.2) is 5.58 Å². The van der Waals surface area contributed by atoms with Crippen LogP contribution in [0, 0.1) is 5.82 Å². The highest BCUT2D eigenvalue weighted by Crippen LogP contribution is 2.39. The van der Waals surface area contributed by atoms with E-state index < -0.39 is 0 Å². The Hall–Kier alpha value is -2.64. The Morgan fingerprint density at radius 1 is 1.06 bits per heavy atom. The number of aromatic nitrogens is 1. The van der Waals surface area contributed by atoms with Crippen molar-refractivity contribution in [1.29, 1.82) is 0 Å². The number of piperidine rings is 1. The van der Waals surface area contributed by atoms with E-state index in [0.29, 0.717) is 24.5 Å². The standard InChI is InChI=1S/C26H28FN3O3.ClH/c27-20-3-4-22-23(16-20)33-28-25(22)17-6-10-29(11-7-17)9-1-13-32-21-14-18-2-5-24(31)30-12-8-19(15-21)26(18)30;/h3-4,14-17H,1-2,5-13H2;1H. The Morgan fingerprint density at radius 2 is 1.85 bits per heavy atom. The van der Waals surface area contributed by atoms with Gasteiger partial charge in [0.2, 0.25) is 5.91 Å². The summed E-state index contributed by atoms with van der Waals surface area (Å²) in [5, 5.41) is 5.18. The van der Waals surface area contributed by atoms with Gasteiger partial charge in [0.1, 0.15) is 11.6 Å². The molecule has 0 N–H and O–H groups in total. The Morgan fingerprint density at radius 3 is 2.68 bits per heavy atom. The number of fused-ring (bicyclic) bond motifs is 1. The third-order valence-corrected chi connectivity index (χ3v) is 7.35. The largest absolute Gasteiger partial charge is 0.494 e. The van der Waals surface area contributed by atoms with Gasteiger partial charge in [-0.3, -0.25) is 4.79 Å². The molecule has 1 fully saturated rings. The van der Waals surface area contributed by atoms with Crippen LogP contribution in [0.1, 0.15) is 48.4 Å². The van der Waals surface area contributed by atoms with Crippen LogP contribution in [-0.2, 0) is 17.6 Å². The fraction of sp³-hybridized carbons (Fsp3) is 0.462. The predicted octanol–water partition coefficient (Wildman–Crippen LogP) is 4.87. The highest BCUT2D eigenvalue weighted by atomic mass is 35.5. The molecule has 4 heterocycles. The van der Waals surface area contributed by atoms with Crippen LogP contribution in [-0.4, -0.2) is 48.7 Å². The van der Waals surface area contributed by atoms with Gasteiger partial charge in [-0.2, -0.15) is 0 Å². The van der Waals surface area contributed by atoms with E-state index in [2.05, 4.69) is 22.2 Å². The maximum Gasteiger partial charge on any atom is 0.227 e. The normalized spacial score (nSPS) is 18.3. The number of carbonyl (C=O) groups is 1. The van der Waals surface area contributed by atoms with E-state index in [1.807, 2.05) is 4.90 Å². The number of likely N-dealkylation sites (tertiary alicyclic amines) is 1. The SMILES string of the molecule is Cl.O=C1CCc2cc(OCCCN3CCC(c4noc5cc(F)ccc45)CC3)cc3c2N1CC3. The zero-order valence-corrected chi connectivity index (χ0v) is 19.9. The molecule has 0 atom stereocenters. The molecule has 0 unspecified atom stereocenters. The first kappa shape index (κ1) is 23.1.